The minimum Gasteiger partial charge on any atom is -0.399 e. The molecule has 0 aliphatic heterocycles. The van der Waals surface area contributed by atoms with Gasteiger partial charge in [0.2, 0.25) is 5.91 Å². The zero-order chi connectivity index (χ0) is 13.5. The van der Waals surface area contributed by atoms with Gasteiger partial charge in [-0.25, -0.2) is 0 Å². The van der Waals surface area contributed by atoms with E-state index in [0.29, 0.717) is 13.1 Å². The molecule has 0 atom stereocenters. The molecule has 5 heteroatoms. The Labute approximate surface area is 117 Å². The molecule has 0 saturated carbocycles. The average molecular weight is 314 g/mol. The Hall–Kier alpha value is -1.07. The van der Waals surface area contributed by atoms with E-state index in [1.807, 2.05) is 32.0 Å². The Bertz CT molecular complexity index is 389. The maximum atomic E-state index is 11.5. The largest absolute Gasteiger partial charge is 0.399 e. The van der Waals surface area contributed by atoms with E-state index in [1.165, 1.54) is 0 Å². The van der Waals surface area contributed by atoms with Crippen molar-refractivity contribution in [2.75, 3.05) is 25.4 Å². The summed E-state index contributed by atoms with van der Waals surface area (Å²) in [5.74, 6) is 0.0577. The number of nitrogens with one attached hydrogen (secondary N) is 1. The molecule has 1 rings (SSSR count). The van der Waals surface area contributed by atoms with Crippen molar-refractivity contribution < 1.29 is 4.79 Å². The number of hydrogen-bond donors (Lipinski definition) is 2. The van der Waals surface area contributed by atoms with Gasteiger partial charge in [0.15, 0.2) is 0 Å². The van der Waals surface area contributed by atoms with Crippen LogP contribution in [0.5, 0.6) is 0 Å². The Balaban J connectivity index is 2.64. The number of benzene rings is 1. The lowest BCUT2D eigenvalue weighted by molar-refractivity contribution is -0.122. The van der Waals surface area contributed by atoms with Crippen LogP contribution in [0.25, 0.3) is 0 Å². The average Bonchev–Trinajstić information content (AvgIpc) is 2.27. The van der Waals surface area contributed by atoms with Gasteiger partial charge >= 0.3 is 0 Å². The molecule has 0 spiro atoms. The quantitative estimate of drug-likeness (QED) is 0.790. The lowest BCUT2D eigenvalue weighted by Crippen LogP contribution is -2.36. The van der Waals surface area contributed by atoms with Gasteiger partial charge in [0.25, 0.3) is 0 Å². The van der Waals surface area contributed by atoms with Crippen LogP contribution < -0.4 is 11.1 Å². The van der Waals surface area contributed by atoms with Crippen LogP contribution in [0.15, 0.2) is 22.7 Å². The minimum absolute atomic E-state index is 0.0577. The summed E-state index contributed by atoms with van der Waals surface area (Å²) in [7, 11) is 0. The molecule has 0 heterocycles. The number of carbonyl (C=O) groups excluding carboxylic acids is 1. The third kappa shape index (κ3) is 5.06. The van der Waals surface area contributed by atoms with E-state index >= 15 is 0 Å². The van der Waals surface area contributed by atoms with Gasteiger partial charge in [0, 0.05) is 23.2 Å². The third-order valence-corrected chi connectivity index (χ3v) is 3.03. The molecular weight excluding hydrogens is 294 g/mol. The second kappa shape index (κ2) is 7.38. The first kappa shape index (κ1) is 15.0. The van der Waals surface area contributed by atoms with Crippen LogP contribution in [0.1, 0.15) is 19.4 Å². The van der Waals surface area contributed by atoms with E-state index in [0.717, 1.165) is 28.8 Å². The minimum atomic E-state index is 0.0577. The van der Waals surface area contributed by atoms with Crippen LogP contribution in [0.4, 0.5) is 5.69 Å². The number of likely N-dealkylation sites (N-methyl/N-ethyl adjacent to an activating group) is 2. The molecule has 1 aromatic carbocycles. The van der Waals surface area contributed by atoms with Crippen molar-refractivity contribution in [3.63, 3.8) is 0 Å². The van der Waals surface area contributed by atoms with Crippen LogP contribution in [0.3, 0.4) is 0 Å². The number of nitrogen functional groups attached to an aromatic ring is 1. The fourth-order valence-electron chi connectivity index (χ4n) is 1.76. The Morgan fingerprint density at radius 3 is 2.67 bits per heavy atom. The molecule has 0 saturated heterocycles. The molecule has 4 nitrogen and oxygen atoms in total. The maximum Gasteiger partial charge on any atom is 0.234 e. The normalized spacial score (nSPS) is 10.7. The summed E-state index contributed by atoms with van der Waals surface area (Å²) in [6.07, 6.45) is 0. The molecule has 1 aromatic rings. The van der Waals surface area contributed by atoms with Crippen molar-refractivity contribution in [1.29, 1.82) is 0 Å². The van der Waals surface area contributed by atoms with Gasteiger partial charge in [-0.3, -0.25) is 9.69 Å². The highest BCUT2D eigenvalue weighted by Gasteiger charge is 2.09. The lowest BCUT2D eigenvalue weighted by Gasteiger charge is -2.20. The van der Waals surface area contributed by atoms with Crippen LogP contribution in [-0.2, 0) is 11.3 Å². The molecule has 0 radical (unpaired) electrons. The molecular formula is C13H20BrN3O. The standard InChI is InChI=1S/C13H20BrN3O/c1-3-16-13(18)9-17(4-2)8-10-5-11(14)7-12(15)6-10/h5-7H,3-4,8-9,15H2,1-2H3,(H,16,18). The fraction of sp³-hybridized carbons (Fsp3) is 0.462. The number of halogens is 1. The van der Waals surface area contributed by atoms with E-state index in [1.54, 1.807) is 0 Å². The molecule has 0 aliphatic carbocycles. The summed E-state index contributed by atoms with van der Waals surface area (Å²) in [5.41, 5.74) is 7.63. The van der Waals surface area contributed by atoms with Gasteiger partial charge in [0.1, 0.15) is 0 Å². The van der Waals surface area contributed by atoms with Crippen molar-refractivity contribution in [1.82, 2.24) is 10.2 Å². The van der Waals surface area contributed by atoms with Gasteiger partial charge in [0.05, 0.1) is 6.54 Å². The third-order valence-electron chi connectivity index (χ3n) is 2.57. The molecule has 0 bridgehead atoms. The SMILES string of the molecule is CCNC(=O)CN(CC)Cc1cc(N)cc(Br)c1. The number of carbonyl (C=O) groups is 1. The Kier molecular flexibility index (Phi) is 6.15. The summed E-state index contributed by atoms with van der Waals surface area (Å²) < 4.78 is 0.964. The highest BCUT2D eigenvalue weighted by Crippen LogP contribution is 2.18. The molecule has 0 unspecified atom stereocenters. The monoisotopic (exact) mass is 313 g/mol. The lowest BCUT2D eigenvalue weighted by atomic mass is 10.2. The number of nitrogens with zero attached hydrogens (tertiary/aromatic N) is 1. The molecule has 3 N–H and O–H groups in total. The van der Waals surface area contributed by atoms with Crippen molar-refractivity contribution in [3.05, 3.63) is 28.2 Å². The predicted molar refractivity (Wildman–Crippen MR) is 78.2 cm³/mol. The van der Waals surface area contributed by atoms with Crippen molar-refractivity contribution >= 4 is 27.5 Å². The summed E-state index contributed by atoms with van der Waals surface area (Å²) in [5, 5.41) is 2.80. The molecule has 18 heavy (non-hydrogen) atoms. The van der Waals surface area contributed by atoms with Gasteiger partial charge in [-0.15, -0.1) is 0 Å². The molecule has 0 aliphatic rings. The van der Waals surface area contributed by atoms with Crippen LogP contribution in [0, 0.1) is 0 Å². The second-order valence-electron chi connectivity index (χ2n) is 4.15. The summed E-state index contributed by atoms with van der Waals surface area (Å²) in [6.45, 7) is 6.58. The van der Waals surface area contributed by atoms with Gasteiger partial charge in [-0.2, -0.15) is 0 Å². The molecule has 100 valence electrons. The first-order valence-corrected chi connectivity index (χ1v) is 6.88. The number of nitrogens with two attached hydrogens (primary N) is 1. The van der Waals surface area contributed by atoms with Crippen LogP contribution in [0.2, 0.25) is 0 Å². The van der Waals surface area contributed by atoms with E-state index in [9.17, 15) is 4.79 Å². The summed E-state index contributed by atoms with van der Waals surface area (Å²) in [4.78, 5) is 13.6. The summed E-state index contributed by atoms with van der Waals surface area (Å²) >= 11 is 3.42. The first-order valence-electron chi connectivity index (χ1n) is 6.09. The first-order chi connectivity index (χ1) is 8.55. The summed E-state index contributed by atoms with van der Waals surface area (Å²) in [6, 6.07) is 5.82. The van der Waals surface area contributed by atoms with Gasteiger partial charge < -0.3 is 11.1 Å². The smallest absolute Gasteiger partial charge is 0.234 e. The van der Waals surface area contributed by atoms with Crippen molar-refractivity contribution in [2.24, 2.45) is 0 Å². The highest BCUT2D eigenvalue weighted by atomic mass is 79.9. The number of anilines is 1. The Morgan fingerprint density at radius 2 is 2.11 bits per heavy atom. The van der Waals surface area contributed by atoms with E-state index in [-0.39, 0.29) is 5.91 Å². The number of amides is 1. The zero-order valence-corrected chi connectivity index (χ0v) is 12.5. The van der Waals surface area contributed by atoms with Crippen LogP contribution >= 0.6 is 15.9 Å². The zero-order valence-electron chi connectivity index (χ0n) is 10.9. The Morgan fingerprint density at radius 1 is 1.39 bits per heavy atom. The van der Waals surface area contributed by atoms with Gasteiger partial charge in [-0.05, 0) is 37.2 Å². The van der Waals surface area contributed by atoms with E-state index in [4.69, 9.17) is 5.73 Å². The number of hydrogen-bond acceptors (Lipinski definition) is 3. The van der Waals surface area contributed by atoms with E-state index < -0.39 is 0 Å². The topological polar surface area (TPSA) is 58.4 Å². The van der Waals surface area contributed by atoms with Crippen molar-refractivity contribution in [3.8, 4) is 0 Å². The molecule has 0 fully saturated rings. The maximum absolute atomic E-state index is 11.5. The van der Waals surface area contributed by atoms with Gasteiger partial charge in [-0.1, -0.05) is 22.9 Å². The van der Waals surface area contributed by atoms with Crippen molar-refractivity contribution in [2.45, 2.75) is 20.4 Å². The van der Waals surface area contributed by atoms with E-state index in [2.05, 4.69) is 26.1 Å². The second-order valence-corrected chi connectivity index (χ2v) is 5.07. The number of rotatable bonds is 6. The molecule has 0 aromatic heterocycles. The van der Waals surface area contributed by atoms with Crippen LogP contribution in [-0.4, -0.2) is 30.4 Å². The fourth-order valence-corrected chi connectivity index (χ4v) is 2.32. The predicted octanol–water partition coefficient (Wildman–Crippen LogP) is 1.99. The molecule has 1 amide bonds. The highest BCUT2D eigenvalue weighted by molar-refractivity contribution is 9.10.